The normalized spacial score (nSPS) is 20.0. The van der Waals surface area contributed by atoms with Gasteiger partial charge < -0.3 is 10.0 Å². The minimum atomic E-state index is -1.80. The molecule has 0 bridgehead atoms. The number of aliphatic hydroxyl groups is 1. The largest absolute Gasteiger partial charge is 0.375 e. The van der Waals surface area contributed by atoms with Gasteiger partial charge in [-0.1, -0.05) is 30.3 Å². The smallest absolute Gasteiger partial charge is 0.264 e. The first kappa shape index (κ1) is 14.7. The Labute approximate surface area is 132 Å². The molecule has 0 spiro atoms. The fraction of sp³-hybridized carbons (Fsp3) is 0.176. The van der Waals surface area contributed by atoms with Crippen molar-refractivity contribution in [1.29, 1.82) is 0 Å². The van der Waals surface area contributed by atoms with Gasteiger partial charge in [-0.05, 0) is 17.5 Å². The van der Waals surface area contributed by atoms with E-state index in [4.69, 9.17) is 0 Å². The number of benzene rings is 1. The average molecular weight is 313 g/mol. The average Bonchev–Trinajstić information content (AvgIpc) is 3.11. The summed E-state index contributed by atoms with van der Waals surface area (Å²) in [6.45, 7) is 3.94. The van der Waals surface area contributed by atoms with Gasteiger partial charge in [-0.15, -0.1) is 17.9 Å². The van der Waals surface area contributed by atoms with Gasteiger partial charge in [0.2, 0.25) is 0 Å². The van der Waals surface area contributed by atoms with Crippen molar-refractivity contribution >= 4 is 28.7 Å². The molecule has 1 aliphatic rings. The summed E-state index contributed by atoms with van der Waals surface area (Å²) in [6.07, 6.45) is 1.35. The lowest BCUT2D eigenvalue weighted by Gasteiger charge is -2.21. The Kier molecular flexibility index (Phi) is 3.68. The zero-order valence-electron chi connectivity index (χ0n) is 11.9. The maximum absolute atomic E-state index is 12.7. The second-order valence-electron chi connectivity index (χ2n) is 5.16. The van der Waals surface area contributed by atoms with Crippen LogP contribution in [0.2, 0.25) is 0 Å². The van der Waals surface area contributed by atoms with Crippen LogP contribution in [0.5, 0.6) is 0 Å². The van der Waals surface area contributed by atoms with E-state index < -0.39 is 11.5 Å². The number of nitrogens with zero attached hydrogens (tertiary/aromatic N) is 1. The van der Waals surface area contributed by atoms with Crippen LogP contribution in [0.15, 0.2) is 54.4 Å². The molecular formula is C17H15NO3S. The summed E-state index contributed by atoms with van der Waals surface area (Å²) in [5.41, 5.74) is -0.693. The molecule has 1 aliphatic heterocycles. The second-order valence-corrected chi connectivity index (χ2v) is 6.11. The number of ketones is 1. The minimum absolute atomic E-state index is 0.235. The summed E-state index contributed by atoms with van der Waals surface area (Å²) < 4.78 is 0. The van der Waals surface area contributed by atoms with Crippen LogP contribution in [0.25, 0.3) is 0 Å². The topological polar surface area (TPSA) is 57.6 Å². The first-order chi connectivity index (χ1) is 10.6. The van der Waals surface area contributed by atoms with Gasteiger partial charge in [0.05, 0.1) is 17.0 Å². The Morgan fingerprint density at radius 2 is 2.09 bits per heavy atom. The van der Waals surface area contributed by atoms with Crippen molar-refractivity contribution < 1.29 is 14.7 Å². The fourth-order valence-corrected chi connectivity index (χ4v) is 3.41. The van der Waals surface area contributed by atoms with Crippen LogP contribution in [0.4, 0.5) is 5.69 Å². The van der Waals surface area contributed by atoms with Crippen molar-refractivity contribution in [2.24, 2.45) is 0 Å². The molecule has 0 radical (unpaired) electrons. The molecule has 3 rings (SSSR count). The highest BCUT2D eigenvalue weighted by atomic mass is 32.1. The number of amides is 1. The number of carbonyl (C=O) groups is 2. The lowest BCUT2D eigenvalue weighted by Crippen LogP contribution is -2.41. The molecule has 1 amide bonds. The molecule has 4 nitrogen and oxygen atoms in total. The third-order valence-corrected chi connectivity index (χ3v) is 4.67. The number of carbonyl (C=O) groups excluding carboxylic acids is 2. The van der Waals surface area contributed by atoms with Crippen LogP contribution in [-0.2, 0) is 10.4 Å². The van der Waals surface area contributed by atoms with E-state index in [2.05, 4.69) is 6.58 Å². The van der Waals surface area contributed by atoms with Crippen LogP contribution in [0.3, 0.4) is 0 Å². The zero-order chi connectivity index (χ0) is 15.7. The van der Waals surface area contributed by atoms with E-state index in [0.717, 1.165) is 0 Å². The number of para-hydroxylation sites is 1. The van der Waals surface area contributed by atoms with Gasteiger partial charge in [0.25, 0.3) is 5.91 Å². The molecule has 0 unspecified atom stereocenters. The van der Waals surface area contributed by atoms with Crippen LogP contribution in [0, 0.1) is 0 Å². The van der Waals surface area contributed by atoms with Gasteiger partial charge in [0, 0.05) is 12.1 Å². The summed E-state index contributed by atoms with van der Waals surface area (Å²) in [5.74, 6) is -0.709. The van der Waals surface area contributed by atoms with E-state index in [1.807, 2.05) is 0 Å². The molecule has 0 fully saturated rings. The van der Waals surface area contributed by atoms with Crippen LogP contribution < -0.4 is 4.90 Å². The molecule has 1 aromatic heterocycles. The van der Waals surface area contributed by atoms with Gasteiger partial charge in [-0.3, -0.25) is 9.59 Å². The third-order valence-electron chi connectivity index (χ3n) is 3.76. The molecular weight excluding hydrogens is 298 g/mol. The molecule has 0 aliphatic carbocycles. The summed E-state index contributed by atoms with van der Waals surface area (Å²) in [4.78, 5) is 27.0. The number of hydrogen-bond acceptors (Lipinski definition) is 4. The monoisotopic (exact) mass is 313 g/mol. The maximum atomic E-state index is 12.7. The van der Waals surface area contributed by atoms with Crippen LogP contribution in [-0.4, -0.2) is 23.3 Å². The van der Waals surface area contributed by atoms with Crippen molar-refractivity contribution in [2.45, 2.75) is 12.0 Å². The highest BCUT2D eigenvalue weighted by Crippen LogP contribution is 2.42. The highest BCUT2D eigenvalue weighted by Gasteiger charge is 2.50. The fourth-order valence-electron chi connectivity index (χ4n) is 2.74. The molecule has 0 saturated heterocycles. The van der Waals surface area contributed by atoms with Crippen molar-refractivity contribution in [1.82, 2.24) is 0 Å². The minimum Gasteiger partial charge on any atom is -0.375 e. The number of rotatable bonds is 5. The SMILES string of the molecule is C=CCN1C(=O)[C@@](O)(CC(=O)c2cccs2)c2ccccc21. The van der Waals surface area contributed by atoms with Gasteiger partial charge in [0.15, 0.2) is 11.4 Å². The Balaban J connectivity index is 2.00. The molecule has 0 saturated carbocycles. The zero-order valence-corrected chi connectivity index (χ0v) is 12.7. The standard InChI is InChI=1S/C17H15NO3S/c1-2-9-18-13-7-4-3-6-12(13)17(21,16(18)20)11-14(19)15-8-5-10-22-15/h2-8,10,21H,1,9,11H2/t17-/m1/s1. The van der Waals surface area contributed by atoms with Gasteiger partial charge >= 0.3 is 0 Å². The van der Waals surface area contributed by atoms with Gasteiger partial charge in [0.1, 0.15) is 0 Å². The predicted octanol–water partition coefficient (Wildman–Crippen LogP) is 2.74. The summed E-state index contributed by atoms with van der Waals surface area (Å²) in [5, 5.41) is 12.7. The molecule has 22 heavy (non-hydrogen) atoms. The number of hydrogen-bond donors (Lipinski definition) is 1. The molecule has 1 aromatic carbocycles. The highest BCUT2D eigenvalue weighted by molar-refractivity contribution is 7.12. The Morgan fingerprint density at radius 3 is 2.77 bits per heavy atom. The Morgan fingerprint density at radius 1 is 1.32 bits per heavy atom. The molecule has 1 atom stereocenters. The van der Waals surface area contributed by atoms with Gasteiger partial charge in [-0.2, -0.15) is 0 Å². The molecule has 112 valence electrons. The summed E-state index contributed by atoms with van der Waals surface area (Å²) >= 11 is 1.30. The van der Waals surface area contributed by atoms with Crippen LogP contribution in [0.1, 0.15) is 21.7 Å². The van der Waals surface area contributed by atoms with E-state index in [9.17, 15) is 14.7 Å². The van der Waals surface area contributed by atoms with E-state index in [1.54, 1.807) is 47.9 Å². The molecule has 1 N–H and O–H groups in total. The molecule has 5 heteroatoms. The van der Waals surface area contributed by atoms with E-state index in [0.29, 0.717) is 22.7 Å². The van der Waals surface area contributed by atoms with Crippen molar-refractivity contribution in [2.75, 3.05) is 11.4 Å². The van der Waals surface area contributed by atoms with Crippen molar-refractivity contribution in [3.05, 3.63) is 64.9 Å². The predicted molar refractivity (Wildman–Crippen MR) is 86.2 cm³/mol. The number of Topliss-reactive ketones (excluding diaryl/α,β-unsaturated/α-hetero) is 1. The Bertz CT molecular complexity index is 738. The number of fused-ring (bicyclic) bond motifs is 1. The van der Waals surface area contributed by atoms with E-state index >= 15 is 0 Å². The first-order valence-electron chi connectivity index (χ1n) is 6.89. The van der Waals surface area contributed by atoms with Gasteiger partial charge in [-0.25, -0.2) is 0 Å². The first-order valence-corrected chi connectivity index (χ1v) is 7.77. The van der Waals surface area contributed by atoms with E-state index in [-0.39, 0.29) is 12.2 Å². The lowest BCUT2D eigenvalue weighted by atomic mass is 9.89. The molecule has 2 heterocycles. The second kappa shape index (κ2) is 5.51. The third kappa shape index (κ3) is 2.19. The lowest BCUT2D eigenvalue weighted by molar-refractivity contribution is -0.135. The summed E-state index contributed by atoms with van der Waals surface area (Å²) in [7, 11) is 0. The Hall–Kier alpha value is -2.24. The number of anilines is 1. The summed E-state index contributed by atoms with van der Waals surface area (Å²) in [6, 6.07) is 10.5. The maximum Gasteiger partial charge on any atom is 0.264 e. The van der Waals surface area contributed by atoms with Crippen molar-refractivity contribution in [3.8, 4) is 0 Å². The quantitative estimate of drug-likeness (QED) is 0.682. The molecule has 2 aromatic rings. The van der Waals surface area contributed by atoms with Crippen molar-refractivity contribution in [3.63, 3.8) is 0 Å². The van der Waals surface area contributed by atoms with Crippen LogP contribution >= 0.6 is 11.3 Å². The van der Waals surface area contributed by atoms with E-state index in [1.165, 1.54) is 16.2 Å². The number of thiophene rings is 1.